The molecule has 2 aliphatic heterocycles. The molecule has 8 rings (SSSR count). The summed E-state index contributed by atoms with van der Waals surface area (Å²) in [7, 11) is 2.76. The molecule has 0 radical (unpaired) electrons. The van der Waals surface area contributed by atoms with Crippen LogP contribution in [0.3, 0.4) is 0 Å². The third-order valence-electron chi connectivity index (χ3n) is 21.6. The monoisotopic (exact) mass is 1810 g/mol. The van der Waals surface area contributed by atoms with Gasteiger partial charge < -0.3 is 147 Å². The van der Waals surface area contributed by atoms with Crippen LogP contribution < -0.4 is 118 Å². The first-order valence-corrected chi connectivity index (χ1v) is 44.3. The van der Waals surface area contributed by atoms with Crippen molar-refractivity contribution in [1.82, 2.24) is 68.0 Å². The Hall–Kier alpha value is -12.2. The number of nitrogens with zero attached hydrogens (tertiary/aromatic N) is 1. The number of unbranched alkanes of at least 4 members (excludes halogenated alkanes) is 3. The topological polar surface area (TPSA) is 704 Å². The number of esters is 2. The van der Waals surface area contributed by atoms with Gasteiger partial charge in [-0.15, -0.1) is 11.8 Å². The summed E-state index contributed by atoms with van der Waals surface area (Å²) in [5.74, 6) is -12.5. The molecule has 5 aromatic rings. The lowest BCUT2D eigenvalue weighted by Gasteiger charge is -2.38. The van der Waals surface area contributed by atoms with E-state index in [9.17, 15) is 72.9 Å². The minimum atomic E-state index is -1.43. The Kier molecular flexibility index (Phi) is 39.6. The van der Waals surface area contributed by atoms with Gasteiger partial charge in [-0.1, -0.05) is 18.2 Å². The van der Waals surface area contributed by atoms with Gasteiger partial charge >= 0.3 is 11.9 Å². The highest BCUT2D eigenvalue weighted by Crippen LogP contribution is 2.57. The van der Waals surface area contributed by atoms with Crippen molar-refractivity contribution in [3.63, 3.8) is 0 Å². The zero-order valence-electron chi connectivity index (χ0n) is 71.2. The molecule has 10 amide bonds. The second kappa shape index (κ2) is 50.2. The smallest absolute Gasteiger partial charge is 0.326 e. The first-order chi connectivity index (χ1) is 60.9. The number of primary amides is 1. The second-order valence-electron chi connectivity index (χ2n) is 30.7. The van der Waals surface area contributed by atoms with Crippen molar-refractivity contribution in [3.8, 4) is 40.5 Å². The van der Waals surface area contributed by atoms with Gasteiger partial charge in [-0.25, -0.2) is 0 Å². The Labute approximate surface area is 741 Å². The number of H-pyrrole nitrogens is 1. The van der Waals surface area contributed by atoms with Crippen LogP contribution in [0, 0.1) is 22.7 Å². The van der Waals surface area contributed by atoms with E-state index in [1.807, 2.05) is 18.2 Å². The van der Waals surface area contributed by atoms with Crippen LogP contribution >= 0.6 is 23.5 Å². The largest absolute Gasteiger partial charge is 0.504 e. The molecular weight excluding hydrogens is 1690 g/mol. The molecule has 45 heteroatoms. The van der Waals surface area contributed by atoms with Gasteiger partial charge in [-0.2, -0.15) is 11.8 Å². The number of amides is 10. The number of hydrogen-bond acceptors (Lipinski definition) is 29. The quantitative estimate of drug-likeness (QED) is 0.00676. The molecule has 1 unspecified atom stereocenters. The Balaban J connectivity index is 0.870. The molecule has 1 fully saturated rings. The fraction of sp³-hybridized carbons (Fsp3) is 0.537. The Morgan fingerprint density at radius 3 is 1.69 bits per heavy atom. The molecule has 127 heavy (non-hydrogen) atoms. The fourth-order valence-electron chi connectivity index (χ4n) is 15.0. The minimum Gasteiger partial charge on any atom is -0.504 e. The number of benzene rings is 3. The van der Waals surface area contributed by atoms with Crippen molar-refractivity contribution in [2.24, 2.45) is 52.0 Å². The van der Waals surface area contributed by atoms with E-state index in [-0.39, 0.29) is 157 Å². The molecule has 3 aliphatic rings. The molecule has 3 aromatic carbocycles. The van der Waals surface area contributed by atoms with E-state index < -0.39 is 168 Å². The van der Waals surface area contributed by atoms with Crippen LogP contribution in [0.25, 0.3) is 10.9 Å². The first kappa shape index (κ1) is 100. The van der Waals surface area contributed by atoms with Gasteiger partial charge in [0.1, 0.15) is 54.9 Å². The second-order valence-corrected chi connectivity index (χ2v) is 32.7. The lowest BCUT2D eigenvalue weighted by Crippen LogP contribution is -2.60. The number of aromatic hydroxyl groups is 3. The lowest BCUT2D eigenvalue weighted by atomic mass is 9.66. The molecule has 1 aliphatic carbocycles. The molecule has 43 nitrogen and oxygen atoms in total. The highest BCUT2D eigenvalue weighted by atomic mass is 32.2. The van der Waals surface area contributed by atoms with Crippen LogP contribution in [0.4, 0.5) is 0 Å². The molecular formula is C82H120N22O21S2. The number of carbonyl (C=O) groups excluding carboxylic acids is 12. The lowest BCUT2D eigenvalue weighted by molar-refractivity contribution is -0.154. The van der Waals surface area contributed by atoms with Crippen LogP contribution in [-0.4, -0.2) is 247 Å². The number of hydrogen-bond donors (Lipinski definition) is 24. The van der Waals surface area contributed by atoms with Gasteiger partial charge in [0.25, 0.3) is 0 Å². The molecule has 0 spiro atoms. The summed E-state index contributed by atoms with van der Waals surface area (Å²) in [5.41, 5.74) is 43.3. The fourth-order valence-corrected chi connectivity index (χ4v) is 16.4. The van der Waals surface area contributed by atoms with Crippen LogP contribution in [0.15, 0.2) is 65.7 Å². The highest BCUT2D eigenvalue weighted by Gasteiger charge is 2.54. The number of nitrogens with one attached hydrogen (secondary N) is 14. The normalized spacial score (nSPS) is 16.6. The zero-order valence-corrected chi connectivity index (χ0v) is 72.8. The summed E-state index contributed by atoms with van der Waals surface area (Å²) in [5, 5.41) is 78.7. The van der Waals surface area contributed by atoms with Crippen molar-refractivity contribution in [1.29, 1.82) is 10.8 Å². The molecule has 31 N–H and O–H groups in total. The van der Waals surface area contributed by atoms with E-state index in [0.717, 1.165) is 27.2 Å². The Morgan fingerprint density at radius 2 is 1.13 bits per heavy atom. The van der Waals surface area contributed by atoms with Crippen LogP contribution in [0.1, 0.15) is 137 Å². The van der Waals surface area contributed by atoms with Crippen molar-refractivity contribution in [2.45, 2.75) is 181 Å². The predicted octanol–water partition coefficient (Wildman–Crippen LogP) is -1.73. The maximum absolute atomic E-state index is 14.9. The predicted molar refractivity (Wildman–Crippen MR) is 469 cm³/mol. The van der Waals surface area contributed by atoms with E-state index >= 15 is 0 Å². The van der Waals surface area contributed by atoms with Crippen LogP contribution in [0.5, 0.6) is 40.5 Å². The maximum atomic E-state index is 14.9. The molecule has 1 saturated heterocycles. The average molecular weight is 1810 g/mol. The van der Waals surface area contributed by atoms with E-state index in [2.05, 4.69) is 63.5 Å². The van der Waals surface area contributed by atoms with Gasteiger partial charge in [0.15, 0.2) is 40.8 Å². The molecule has 12 atom stereocenters. The summed E-state index contributed by atoms with van der Waals surface area (Å²) >= 11 is 2.22. The molecule has 0 saturated carbocycles. The number of ether oxygens (including phenoxy) is 6. The number of phenols is 1. The Morgan fingerprint density at radius 1 is 0.598 bits per heavy atom. The Bertz CT molecular complexity index is 4670. The van der Waals surface area contributed by atoms with Gasteiger partial charge in [-0.05, 0) is 169 Å². The van der Waals surface area contributed by atoms with Crippen molar-refractivity contribution < 1.29 is 101 Å². The molecule has 0 bridgehead atoms. The number of phenolic OH excluding ortho intramolecular Hbond substituents is 1. The van der Waals surface area contributed by atoms with Crippen molar-refractivity contribution in [3.05, 3.63) is 83.0 Å². The number of aromatic nitrogens is 2. The molecule has 2 aromatic heterocycles. The van der Waals surface area contributed by atoms with E-state index in [1.165, 1.54) is 38.1 Å². The summed E-state index contributed by atoms with van der Waals surface area (Å²) in [4.78, 5) is 171. The minimum absolute atomic E-state index is 0.00146. The van der Waals surface area contributed by atoms with E-state index in [4.69, 9.17) is 79.4 Å². The summed E-state index contributed by atoms with van der Waals surface area (Å²) in [6.45, 7) is -0.505. The highest BCUT2D eigenvalue weighted by molar-refractivity contribution is 7.99. The third kappa shape index (κ3) is 29.2. The number of fused-ring (bicyclic) bond motifs is 4. The van der Waals surface area contributed by atoms with Crippen molar-refractivity contribution >= 4 is 117 Å². The number of carbonyl (C=O) groups is 12. The van der Waals surface area contributed by atoms with E-state index in [0.29, 0.717) is 84.6 Å². The van der Waals surface area contributed by atoms with Gasteiger partial charge in [0.2, 0.25) is 77.5 Å². The number of aromatic amines is 1. The average Bonchev–Trinajstić information content (AvgIpc) is 1.70. The number of thioether (sulfide) groups is 2. The summed E-state index contributed by atoms with van der Waals surface area (Å²) in [6.07, 6.45) is 4.41. The summed E-state index contributed by atoms with van der Waals surface area (Å²) < 4.78 is 34.9. The SMILES string of the molecule is COc1cc([C@@H]2c3cc4c(cc3[C@H](OC(=O)CNC(=O)CCn3c(O)cc(SC[C@H](N)C(=O)NCCC(=O)N[C@@H](CCCNC(=N)N)C(=O)N[C@@H](CCCNC(=N)N)C(=O)N[C@@H](CCSC)C(=O)N[C@@H](CCCCN)C(=O)N[C@@H](Cc5c[nH]c6ccccc56)C(=O)N[C@@H](CCCCN)C(=O)N[C@@H](CCCCN)C(N)=O)c3O)[C@H]3COC(=O)C23)OCO4)cc(O)c1OC. The standard InChI is InChI=1S/C82H120N22O21S2/c1-120-61-34-43(33-58(105)70(61)121-2)67-46-35-59-60(124-42-123-59)36-47(46)69(48-40-122-80(119)68(48)67)125-66(109)39-96-63(106)22-30-104-65(108)37-62(79(104)118)127-41-49(86)72(111)92-29-21-64(107)97-52(19-12-27-93-81(88)89)73(112)100-55(20-13-28-94-82(90)91)75(114)102-56(23-31-126-3)77(116)99-54(18-8-11-26-85)76(115)103-57(32-44-38-95-50-15-5-4-14-45(44)50)78(117)101-53(17-7-10-25-84)74(113)98-51(71(87)110)16-6-9-24-83/h4-5,14-15,33-38,48-49,51-57,67-69,95,105,108,118H,6-13,16-32,39-42,83-86H2,1-3H3,(H2,87,110)(H,92,111)(H,96,106)(H,97,107)(H,98,113)(H,99,116)(H,100,112)(H,101,117)(H,102,114)(H,103,115)(H4,88,89,93)(H4,90,91,94)/t48-,49-,51-,52-,53-,54-,55-,56-,57-,67+,68?,69-/m0/s1. The van der Waals surface area contributed by atoms with Crippen LogP contribution in [-0.2, 0) is 80.0 Å². The number of para-hydroxylation sites is 1. The van der Waals surface area contributed by atoms with Crippen molar-refractivity contribution in [2.75, 3.05) is 91.2 Å². The number of rotatable bonds is 55. The maximum Gasteiger partial charge on any atom is 0.326 e. The van der Waals surface area contributed by atoms with Gasteiger partial charge in [-0.3, -0.25) is 72.9 Å². The first-order valence-electron chi connectivity index (χ1n) is 41.9. The van der Waals surface area contributed by atoms with E-state index in [1.54, 1.807) is 36.7 Å². The number of nitrogens with two attached hydrogens (primary N) is 7. The number of cyclic esters (lactones) is 1. The zero-order chi connectivity index (χ0) is 92.4. The van der Waals surface area contributed by atoms with Gasteiger partial charge in [0.05, 0.1) is 37.7 Å². The molecule has 696 valence electrons. The third-order valence-corrected chi connectivity index (χ3v) is 23.4. The van der Waals surface area contributed by atoms with Gasteiger partial charge in [0, 0.05) is 91.8 Å². The molecule has 4 heterocycles. The summed E-state index contributed by atoms with van der Waals surface area (Å²) in [6, 6.07) is 4.35. The number of guanidine groups is 2. The van der Waals surface area contributed by atoms with Crippen LogP contribution in [0.2, 0.25) is 0 Å². The number of methoxy groups -OCH3 is 2.